The first-order valence-corrected chi connectivity index (χ1v) is 9.60. The fraction of sp³-hybridized carbons (Fsp3) is 0.889. The number of rotatable bonds is 6. The summed E-state index contributed by atoms with van der Waals surface area (Å²) in [7, 11) is 4.15. The van der Waals surface area contributed by atoms with Gasteiger partial charge in [0.2, 0.25) is 0 Å². The van der Waals surface area contributed by atoms with Crippen molar-refractivity contribution in [1.29, 1.82) is 0 Å². The summed E-state index contributed by atoms with van der Waals surface area (Å²) < 4.78 is 9.78. The van der Waals surface area contributed by atoms with Crippen LogP contribution in [-0.4, -0.2) is 100 Å². The highest BCUT2D eigenvalue weighted by Gasteiger charge is 2.24. The second-order valence-electron chi connectivity index (χ2n) is 6.77. The quantitative estimate of drug-likeness (QED) is 0.614. The Labute approximate surface area is 157 Å². The average Bonchev–Trinajstić information content (AvgIpc) is 2.60. The predicted molar refractivity (Wildman–Crippen MR) is 101 cm³/mol. The molecule has 0 unspecified atom stereocenters. The highest BCUT2D eigenvalue weighted by Crippen LogP contribution is 2.10. The van der Waals surface area contributed by atoms with Crippen LogP contribution in [0, 0.1) is 0 Å². The molecule has 2 aliphatic rings. The van der Waals surface area contributed by atoms with Gasteiger partial charge in [0.25, 0.3) is 0 Å². The number of carbonyl (C=O) groups excluding carboxylic acids is 2. The van der Waals surface area contributed by atoms with Crippen LogP contribution in [0.3, 0.4) is 0 Å². The van der Waals surface area contributed by atoms with Crippen molar-refractivity contribution in [3.63, 3.8) is 0 Å². The van der Waals surface area contributed by atoms with Gasteiger partial charge in [0.15, 0.2) is 0 Å². The minimum Gasteiger partial charge on any atom is -0.466 e. The van der Waals surface area contributed by atoms with Crippen molar-refractivity contribution in [3.8, 4) is 0 Å². The van der Waals surface area contributed by atoms with Crippen LogP contribution in [0.1, 0.15) is 26.7 Å². The Kier molecular flexibility index (Phi) is 11.4. The van der Waals surface area contributed by atoms with E-state index in [4.69, 9.17) is 9.47 Å². The highest BCUT2D eigenvalue weighted by molar-refractivity contribution is 5.70. The first kappa shape index (κ1) is 22.8. The van der Waals surface area contributed by atoms with Crippen LogP contribution in [0.25, 0.3) is 0 Å². The highest BCUT2D eigenvalue weighted by atomic mass is 16.5. The molecule has 0 saturated carbocycles. The molecule has 2 rings (SSSR count). The summed E-state index contributed by atoms with van der Waals surface area (Å²) in [4.78, 5) is 26.8. The lowest BCUT2D eigenvalue weighted by molar-refractivity contribution is -0.145. The standard InChI is InChI=1S/C10H20N2O2.C8H16N2O2/c1-4-14-10(13)7-9-8-11(2)5-6-12(9)3;1-2-12-8(11)5-7-6-9-3-4-10-7/h9H,4-8H2,1-3H3;7,9-10H,2-6H2,1H3/t9-;7-/m00/s1. The van der Waals surface area contributed by atoms with Crippen LogP contribution < -0.4 is 10.6 Å². The normalized spacial score (nSPS) is 24.3. The van der Waals surface area contributed by atoms with Gasteiger partial charge in [-0.2, -0.15) is 0 Å². The van der Waals surface area contributed by atoms with E-state index < -0.39 is 0 Å². The van der Waals surface area contributed by atoms with Gasteiger partial charge in [0.05, 0.1) is 26.1 Å². The molecule has 152 valence electrons. The van der Waals surface area contributed by atoms with Crippen LogP contribution in [0.4, 0.5) is 0 Å². The van der Waals surface area contributed by atoms with Gasteiger partial charge in [-0.25, -0.2) is 0 Å². The van der Waals surface area contributed by atoms with Crippen LogP contribution in [0.2, 0.25) is 0 Å². The van der Waals surface area contributed by atoms with Crippen molar-refractivity contribution in [2.45, 2.75) is 38.8 Å². The summed E-state index contributed by atoms with van der Waals surface area (Å²) in [5.74, 6) is -0.196. The first-order chi connectivity index (χ1) is 12.5. The molecule has 8 nitrogen and oxygen atoms in total. The third-order valence-corrected chi connectivity index (χ3v) is 4.53. The van der Waals surface area contributed by atoms with Crippen molar-refractivity contribution >= 4 is 11.9 Å². The summed E-state index contributed by atoms with van der Waals surface area (Å²) in [6.07, 6.45) is 0.982. The van der Waals surface area contributed by atoms with Crippen molar-refractivity contribution in [2.24, 2.45) is 0 Å². The minimum atomic E-state index is -0.112. The predicted octanol–water partition coefficient (Wildman–Crippen LogP) is -0.314. The minimum absolute atomic E-state index is 0.0837. The summed E-state index contributed by atoms with van der Waals surface area (Å²) in [5, 5.41) is 6.46. The first-order valence-electron chi connectivity index (χ1n) is 9.60. The van der Waals surface area contributed by atoms with E-state index in [1.165, 1.54) is 0 Å². The van der Waals surface area contributed by atoms with Crippen molar-refractivity contribution in [3.05, 3.63) is 0 Å². The van der Waals surface area contributed by atoms with E-state index >= 15 is 0 Å². The van der Waals surface area contributed by atoms with Gasteiger partial charge in [0.1, 0.15) is 0 Å². The smallest absolute Gasteiger partial charge is 0.307 e. The third kappa shape index (κ3) is 9.47. The van der Waals surface area contributed by atoms with E-state index in [0.29, 0.717) is 32.1 Å². The lowest BCUT2D eigenvalue weighted by Crippen LogP contribution is -2.50. The second kappa shape index (κ2) is 13.0. The molecule has 0 bridgehead atoms. The summed E-state index contributed by atoms with van der Waals surface area (Å²) in [6, 6.07) is 0.561. The average molecular weight is 373 g/mol. The SMILES string of the molecule is CCOC(=O)C[C@H]1CN(C)CCN1C.CCOC(=O)C[C@H]1CNCCN1. The molecule has 8 heteroatoms. The topological polar surface area (TPSA) is 83.1 Å². The lowest BCUT2D eigenvalue weighted by Gasteiger charge is -2.37. The molecule has 0 aromatic carbocycles. The van der Waals surface area contributed by atoms with Crippen LogP contribution in [0.15, 0.2) is 0 Å². The molecule has 2 N–H and O–H groups in total. The molecule has 0 aromatic rings. The van der Waals surface area contributed by atoms with E-state index in [-0.39, 0.29) is 18.0 Å². The fourth-order valence-corrected chi connectivity index (χ4v) is 3.01. The molecular formula is C18H36N4O4. The zero-order valence-electron chi connectivity index (χ0n) is 16.8. The number of nitrogens with zero attached hydrogens (tertiary/aromatic N) is 2. The van der Waals surface area contributed by atoms with E-state index in [2.05, 4.69) is 34.5 Å². The Morgan fingerprint density at radius 2 is 1.65 bits per heavy atom. The number of esters is 2. The Morgan fingerprint density at radius 3 is 2.23 bits per heavy atom. The molecule has 0 aliphatic carbocycles. The molecule has 2 fully saturated rings. The maximum atomic E-state index is 11.3. The molecule has 0 amide bonds. The number of likely N-dealkylation sites (N-methyl/N-ethyl adjacent to an activating group) is 2. The number of nitrogens with one attached hydrogen (secondary N) is 2. The van der Waals surface area contributed by atoms with Gasteiger partial charge >= 0.3 is 11.9 Å². The summed E-state index contributed by atoms with van der Waals surface area (Å²) in [5.41, 5.74) is 0. The third-order valence-electron chi connectivity index (χ3n) is 4.53. The largest absolute Gasteiger partial charge is 0.466 e. The maximum Gasteiger partial charge on any atom is 0.307 e. The summed E-state index contributed by atoms with van der Waals surface area (Å²) >= 11 is 0. The van der Waals surface area contributed by atoms with Crippen LogP contribution in [0.5, 0.6) is 0 Å². The van der Waals surface area contributed by atoms with E-state index in [1.807, 2.05) is 13.8 Å². The number of piperazine rings is 2. The van der Waals surface area contributed by atoms with Gasteiger partial charge in [0, 0.05) is 51.4 Å². The summed E-state index contributed by atoms with van der Waals surface area (Å²) in [6.45, 7) is 10.5. The van der Waals surface area contributed by atoms with Crippen molar-refractivity contribution < 1.29 is 19.1 Å². The molecular weight excluding hydrogens is 336 g/mol. The molecule has 26 heavy (non-hydrogen) atoms. The Morgan fingerprint density at radius 1 is 1.00 bits per heavy atom. The van der Waals surface area contributed by atoms with Crippen molar-refractivity contribution in [2.75, 3.05) is 66.6 Å². The monoisotopic (exact) mass is 372 g/mol. The van der Waals surface area contributed by atoms with Crippen molar-refractivity contribution in [1.82, 2.24) is 20.4 Å². The van der Waals surface area contributed by atoms with Crippen LogP contribution >= 0.6 is 0 Å². The Balaban J connectivity index is 0.000000263. The maximum absolute atomic E-state index is 11.3. The molecule has 0 radical (unpaired) electrons. The lowest BCUT2D eigenvalue weighted by atomic mass is 10.1. The molecule has 2 heterocycles. The number of carbonyl (C=O) groups is 2. The van der Waals surface area contributed by atoms with Gasteiger partial charge in [-0.05, 0) is 27.9 Å². The number of hydrogen-bond acceptors (Lipinski definition) is 8. The fourth-order valence-electron chi connectivity index (χ4n) is 3.01. The number of ether oxygens (including phenoxy) is 2. The number of hydrogen-bond donors (Lipinski definition) is 2. The molecule has 0 spiro atoms. The Bertz CT molecular complexity index is 416. The van der Waals surface area contributed by atoms with Gasteiger partial charge in [-0.15, -0.1) is 0 Å². The van der Waals surface area contributed by atoms with Gasteiger partial charge < -0.3 is 29.9 Å². The molecule has 2 saturated heterocycles. The van der Waals surface area contributed by atoms with E-state index in [9.17, 15) is 9.59 Å². The van der Waals surface area contributed by atoms with Crippen LogP contribution in [-0.2, 0) is 19.1 Å². The van der Waals surface area contributed by atoms with Gasteiger partial charge in [-0.3, -0.25) is 9.59 Å². The Hall–Kier alpha value is -1.22. The molecule has 2 aliphatic heterocycles. The zero-order valence-corrected chi connectivity index (χ0v) is 16.8. The second-order valence-corrected chi connectivity index (χ2v) is 6.77. The molecule has 0 aromatic heterocycles. The van der Waals surface area contributed by atoms with E-state index in [1.54, 1.807) is 0 Å². The molecule has 2 atom stereocenters. The van der Waals surface area contributed by atoms with Gasteiger partial charge in [-0.1, -0.05) is 0 Å². The van der Waals surface area contributed by atoms with E-state index in [0.717, 1.165) is 39.3 Å². The zero-order chi connectivity index (χ0) is 19.4.